The number of rotatable bonds is 5. The minimum Gasteiger partial charge on any atom is -0.444 e. The van der Waals surface area contributed by atoms with Gasteiger partial charge in [0.15, 0.2) is 0 Å². The van der Waals surface area contributed by atoms with Gasteiger partial charge in [0.25, 0.3) is 0 Å². The lowest BCUT2D eigenvalue weighted by molar-refractivity contribution is 0.0285. The lowest BCUT2D eigenvalue weighted by atomic mass is 10.0. The standard InChI is InChI=1S/C18H29NO2.C3H6.CH3F/c1-7-8-9-16-11-10-15(12-14(16)2)13-19(6)17(20)21-18(3,4)5;1-3-2;1-2/h10-12H,7-9,13H2,1-6H3;3H,1H2,2H3;1H3. The Morgan fingerprint density at radius 1 is 1.31 bits per heavy atom. The smallest absolute Gasteiger partial charge is 0.410 e. The van der Waals surface area contributed by atoms with Crippen molar-refractivity contribution in [2.45, 2.75) is 73.0 Å². The van der Waals surface area contributed by atoms with Crippen LogP contribution < -0.4 is 0 Å². The molecule has 26 heavy (non-hydrogen) atoms. The third kappa shape index (κ3) is 12.5. The number of allylic oxidation sites excluding steroid dienone is 1. The molecule has 150 valence electrons. The van der Waals surface area contributed by atoms with E-state index >= 15 is 0 Å². The fraction of sp³-hybridized carbons (Fsp3) is 0.591. The Balaban J connectivity index is 0. The van der Waals surface area contributed by atoms with Crippen molar-refractivity contribution in [1.29, 1.82) is 0 Å². The van der Waals surface area contributed by atoms with Crippen LogP contribution >= 0.6 is 0 Å². The first-order valence-corrected chi connectivity index (χ1v) is 9.12. The predicted octanol–water partition coefficient (Wildman–Crippen LogP) is 6.48. The average Bonchev–Trinajstić information content (AvgIpc) is 2.55. The fourth-order valence-corrected chi connectivity index (χ4v) is 2.18. The normalized spacial score (nSPS) is 9.88. The lowest BCUT2D eigenvalue weighted by Crippen LogP contribution is -2.33. The molecule has 1 aromatic carbocycles. The zero-order chi connectivity index (χ0) is 20.8. The Morgan fingerprint density at radius 3 is 2.27 bits per heavy atom. The summed E-state index contributed by atoms with van der Waals surface area (Å²) < 4.78 is 14.9. The van der Waals surface area contributed by atoms with Crippen LogP contribution in [0, 0.1) is 6.92 Å². The van der Waals surface area contributed by atoms with Crippen LogP contribution in [-0.2, 0) is 17.7 Å². The van der Waals surface area contributed by atoms with Crippen molar-refractivity contribution >= 4 is 6.09 Å². The second-order valence-electron chi connectivity index (χ2n) is 7.11. The number of nitrogens with zero attached hydrogens (tertiary/aromatic N) is 1. The molecule has 1 rings (SSSR count). The summed E-state index contributed by atoms with van der Waals surface area (Å²) in [4.78, 5) is 13.6. The van der Waals surface area contributed by atoms with Crippen molar-refractivity contribution in [3.05, 3.63) is 47.5 Å². The van der Waals surface area contributed by atoms with E-state index in [9.17, 15) is 9.18 Å². The molecule has 0 aliphatic rings. The maximum Gasteiger partial charge on any atom is 0.410 e. The van der Waals surface area contributed by atoms with Crippen molar-refractivity contribution in [3.63, 3.8) is 0 Å². The molecule has 0 heterocycles. The van der Waals surface area contributed by atoms with E-state index in [0.717, 1.165) is 12.0 Å². The van der Waals surface area contributed by atoms with Crippen LogP contribution in [0.2, 0.25) is 0 Å². The Kier molecular flexibility index (Phi) is 14.6. The lowest BCUT2D eigenvalue weighted by Gasteiger charge is -2.24. The summed E-state index contributed by atoms with van der Waals surface area (Å²) >= 11 is 0. The molecule has 0 unspecified atom stereocenters. The number of ether oxygens (including phenoxy) is 1. The van der Waals surface area contributed by atoms with Crippen LogP contribution in [0.4, 0.5) is 9.18 Å². The minimum absolute atomic E-state index is 0.282. The van der Waals surface area contributed by atoms with E-state index in [4.69, 9.17) is 4.74 Å². The molecule has 0 atom stereocenters. The topological polar surface area (TPSA) is 29.5 Å². The molecule has 0 aromatic heterocycles. The van der Waals surface area contributed by atoms with Gasteiger partial charge < -0.3 is 9.64 Å². The molecule has 0 fully saturated rings. The van der Waals surface area contributed by atoms with Gasteiger partial charge in [-0.2, -0.15) is 0 Å². The van der Waals surface area contributed by atoms with Gasteiger partial charge in [-0.1, -0.05) is 37.6 Å². The Morgan fingerprint density at radius 2 is 1.85 bits per heavy atom. The molecule has 3 nitrogen and oxygen atoms in total. The summed E-state index contributed by atoms with van der Waals surface area (Å²) in [5, 5.41) is 0. The van der Waals surface area contributed by atoms with Gasteiger partial charge in [0.05, 0.1) is 7.18 Å². The number of hydrogen-bond donors (Lipinski definition) is 0. The first-order valence-electron chi connectivity index (χ1n) is 9.12. The number of benzene rings is 1. The third-order valence-corrected chi connectivity index (χ3v) is 3.33. The summed E-state index contributed by atoms with van der Waals surface area (Å²) in [6, 6.07) is 6.47. The van der Waals surface area contributed by atoms with Crippen LogP contribution in [0.5, 0.6) is 0 Å². The molecular weight excluding hydrogens is 329 g/mol. The van der Waals surface area contributed by atoms with Gasteiger partial charge in [-0.05, 0) is 64.2 Å². The molecule has 0 bridgehead atoms. The Hall–Kier alpha value is -1.84. The quantitative estimate of drug-likeness (QED) is 0.557. The van der Waals surface area contributed by atoms with E-state index in [1.54, 1.807) is 18.0 Å². The third-order valence-electron chi connectivity index (χ3n) is 3.33. The van der Waals surface area contributed by atoms with Crippen molar-refractivity contribution in [1.82, 2.24) is 4.90 Å². The highest BCUT2D eigenvalue weighted by atomic mass is 19.1. The maximum absolute atomic E-state index is 12.0. The second-order valence-corrected chi connectivity index (χ2v) is 7.11. The molecule has 1 aromatic rings. The molecule has 0 radical (unpaired) electrons. The summed E-state index contributed by atoms with van der Waals surface area (Å²) in [6.45, 7) is 15.8. The van der Waals surface area contributed by atoms with E-state index in [1.807, 2.05) is 27.7 Å². The summed E-state index contributed by atoms with van der Waals surface area (Å²) in [5.74, 6) is 0. The second kappa shape index (κ2) is 14.3. The van der Waals surface area contributed by atoms with Crippen molar-refractivity contribution in [2.75, 3.05) is 14.2 Å². The minimum atomic E-state index is -0.453. The van der Waals surface area contributed by atoms with E-state index in [-0.39, 0.29) is 6.09 Å². The Labute approximate surface area is 160 Å². The van der Waals surface area contributed by atoms with E-state index < -0.39 is 5.60 Å². The molecular formula is C22H38FNO2. The zero-order valence-corrected chi connectivity index (χ0v) is 18.0. The van der Waals surface area contributed by atoms with E-state index in [1.165, 1.54) is 24.0 Å². The van der Waals surface area contributed by atoms with Gasteiger partial charge in [-0.25, -0.2) is 4.79 Å². The predicted molar refractivity (Wildman–Crippen MR) is 110 cm³/mol. The van der Waals surface area contributed by atoms with Crippen molar-refractivity contribution in [2.24, 2.45) is 0 Å². The highest BCUT2D eigenvalue weighted by Gasteiger charge is 2.19. The van der Waals surface area contributed by atoms with Gasteiger partial charge in [0.2, 0.25) is 0 Å². The molecule has 0 saturated heterocycles. The molecule has 4 heteroatoms. The van der Waals surface area contributed by atoms with Crippen LogP contribution in [0.15, 0.2) is 30.9 Å². The molecule has 0 saturated carbocycles. The van der Waals surface area contributed by atoms with Gasteiger partial charge in [-0.3, -0.25) is 4.39 Å². The molecule has 0 aliphatic heterocycles. The summed E-state index contributed by atoms with van der Waals surface area (Å²) in [5.41, 5.74) is 3.39. The largest absolute Gasteiger partial charge is 0.444 e. The number of unbranched alkanes of at least 4 members (excludes halogenated alkanes) is 1. The SMILES string of the molecule is C=CC.CCCCc1ccc(CN(C)C(=O)OC(C)(C)C)cc1C.CF. The summed E-state index contributed by atoms with van der Waals surface area (Å²) in [7, 11) is 2.27. The first-order chi connectivity index (χ1) is 12.1. The van der Waals surface area contributed by atoms with Gasteiger partial charge in [0.1, 0.15) is 5.60 Å². The van der Waals surface area contributed by atoms with Crippen molar-refractivity contribution in [3.8, 4) is 0 Å². The van der Waals surface area contributed by atoms with Crippen molar-refractivity contribution < 1.29 is 13.9 Å². The van der Waals surface area contributed by atoms with E-state index in [0.29, 0.717) is 13.7 Å². The number of carbonyl (C=O) groups is 1. The fourth-order valence-electron chi connectivity index (χ4n) is 2.18. The van der Waals surface area contributed by atoms with Gasteiger partial charge in [0, 0.05) is 13.6 Å². The monoisotopic (exact) mass is 367 g/mol. The highest BCUT2D eigenvalue weighted by Crippen LogP contribution is 2.16. The number of amides is 1. The maximum atomic E-state index is 12.0. The van der Waals surface area contributed by atoms with Crippen LogP contribution in [0.3, 0.4) is 0 Å². The number of hydrogen-bond acceptors (Lipinski definition) is 2. The van der Waals surface area contributed by atoms with Crippen LogP contribution in [-0.4, -0.2) is 30.8 Å². The summed E-state index contributed by atoms with van der Waals surface area (Å²) in [6.07, 6.45) is 5.03. The number of carbonyl (C=O) groups excluding carboxylic acids is 1. The van der Waals surface area contributed by atoms with Gasteiger partial charge in [-0.15, -0.1) is 6.58 Å². The molecule has 0 spiro atoms. The first kappa shape index (κ1) is 26.4. The Bertz CT molecular complexity index is 521. The van der Waals surface area contributed by atoms with Crippen LogP contribution in [0.1, 0.15) is 64.2 Å². The number of halogens is 1. The highest BCUT2D eigenvalue weighted by molar-refractivity contribution is 5.67. The zero-order valence-electron chi connectivity index (χ0n) is 18.0. The molecule has 0 N–H and O–H groups in total. The number of aryl methyl sites for hydroxylation is 2. The van der Waals surface area contributed by atoms with E-state index in [2.05, 4.69) is 38.6 Å². The molecule has 0 aliphatic carbocycles. The average molecular weight is 368 g/mol. The van der Waals surface area contributed by atoms with Crippen LogP contribution in [0.25, 0.3) is 0 Å². The molecule has 1 amide bonds. The van der Waals surface area contributed by atoms with Gasteiger partial charge >= 0.3 is 6.09 Å². The number of alkyl halides is 1.